The lowest BCUT2D eigenvalue weighted by molar-refractivity contribution is 0.411. The van der Waals surface area contributed by atoms with Gasteiger partial charge in [0.25, 0.3) is 0 Å². The molecule has 0 fully saturated rings. The fraction of sp³-hybridized carbons (Fsp3) is 0.455. The fourth-order valence-electron chi connectivity index (χ4n) is 1.49. The molecule has 1 atom stereocenters. The molecule has 2 nitrogen and oxygen atoms in total. The third kappa shape index (κ3) is 2.10. The van der Waals surface area contributed by atoms with E-state index in [2.05, 4.69) is 35.8 Å². The van der Waals surface area contributed by atoms with Crippen LogP contribution in [0.2, 0.25) is 0 Å². The summed E-state index contributed by atoms with van der Waals surface area (Å²) in [6.45, 7) is 4.87. The molecule has 14 heavy (non-hydrogen) atoms. The molecule has 78 valence electrons. The molecule has 0 aliphatic heterocycles. The van der Waals surface area contributed by atoms with Crippen LogP contribution < -0.4 is 10.5 Å². The van der Waals surface area contributed by atoms with Gasteiger partial charge in [-0.05, 0) is 52.5 Å². The van der Waals surface area contributed by atoms with E-state index in [4.69, 9.17) is 10.5 Å². The highest BCUT2D eigenvalue weighted by molar-refractivity contribution is 9.10. The first kappa shape index (κ1) is 11.5. The van der Waals surface area contributed by atoms with Gasteiger partial charge in [0.1, 0.15) is 5.75 Å². The van der Waals surface area contributed by atoms with E-state index in [9.17, 15) is 0 Å². The van der Waals surface area contributed by atoms with Crippen molar-refractivity contribution >= 4 is 15.9 Å². The molecule has 0 radical (unpaired) electrons. The first-order chi connectivity index (χ1) is 6.61. The molecule has 1 unspecified atom stereocenters. The number of hydrogen-bond donors (Lipinski definition) is 1. The van der Waals surface area contributed by atoms with Gasteiger partial charge in [0.15, 0.2) is 0 Å². The first-order valence-electron chi connectivity index (χ1n) is 4.64. The topological polar surface area (TPSA) is 35.2 Å². The van der Waals surface area contributed by atoms with E-state index in [1.807, 2.05) is 6.07 Å². The lowest BCUT2D eigenvalue weighted by Crippen LogP contribution is -2.10. The molecule has 0 aromatic heterocycles. The van der Waals surface area contributed by atoms with Gasteiger partial charge in [0.05, 0.1) is 11.6 Å². The molecule has 0 aliphatic carbocycles. The average molecular weight is 258 g/mol. The predicted octanol–water partition coefficient (Wildman–Crippen LogP) is 2.83. The Bertz CT molecular complexity index is 325. The maximum absolute atomic E-state index is 5.65. The molecule has 1 aromatic carbocycles. The quantitative estimate of drug-likeness (QED) is 0.904. The van der Waals surface area contributed by atoms with E-state index in [0.29, 0.717) is 12.5 Å². The number of ether oxygens (including phenoxy) is 1. The van der Waals surface area contributed by atoms with Gasteiger partial charge in [0.2, 0.25) is 0 Å². The standard InChI is InChI=1S/C11H16BrNO/c1-7(6-13)9-4-5-10(14-3)11(12)8(9)2/h4-5,7H,6,13H2,1-3H3. The maximum Gasteiger partial charge on any atom is 0.133 e. The minimum absolute atomic E-state index is 0.386. The van der Waals surface area contributed by atoms with Gasteiger partial charge < -0.3 is 10.5 Å². The lowest BCUT2D eigenvalue weighted by atomic mass is 9.96. The van der Waals surface area contributed by atoms with Crippen LogP contribution in [0.3, 0.4) is 0 Å². The van der Waals surface area contributed by atoms with Crippen molar-refractivity contribution in [1.29, 1.82) is 0 Å². The van der Waals surface area contributed by atoms with Crippen LogP contribution in [0.1, 0.15) is 24.0 Å². The summed E-state index contributed by atoms with van der Waals surface area (Å²) < 4.78 is 6.24. The molecule has 0 amide bonds. The Labute approximate surface area is 93.6 Å². The summed E-state index contributed by atoms with van der Waals surface area (Å²) in [7, 11) is 1.67. The lowest BCUT2D eigenvalue weighted by Gasteiger charge is -2.15. The molecule has 0 heterocycles. The maximum atomic E-state index is 5.65. The molecular formula is C11H16BrNO. The molecule has 0 aliphatic rings. The van der Waals surface area contributed by atoms with Crippen LogP contribution in [0.15, 0.2) is 16.6 Å². The minimum Gasteiger partial charge on any atom is -0.496 e. The van der Waals surface area contributed by atoms with Crippen molar-refractivity contribution in [3.8, 4) is 5.75 Å². The molecule has 1 aromatic rings. The Morgan fingerprint density at radius 1 is 1.50 bits per heavy atom. The molecule has 1 rings (SSSR count). The molecule has 2 N–H and O–H groups in total. The molecule has 0 saturated heterocycles. The fourth-order valence-corrected chi connectivity index (χ4v) is 2.02. The number of nitrogens with two attached hydrogens (primary N) is 1. The highest BCUT2D eigenvalue weighted by atomic mass is 79.9. The van der Waals surface area contributed by atoms with Crippen LogP contribution in [-0.2, 0) is 0 Å². The highest BCUT2D eigenvalue weighted by Crippen LogP contribution is 2.33. The van der Waals surface area contributed by atoms with Crippen molar-refractivity contribution in [3.05, 3.63) is 27.7 Å². The predicted molar refractivity (Wildman–Crippen MR) is 62.9 cm³/mol. The SMILES string of the molecule is COc1ccc(C(C)CN)c(C)c1Br. The van der Waals surface area contributed by atoms with Crippen LogP contribution in [0.25, 0.3) is 0 Å². The van der Waals surface area contributed by atoms with E-state index < -0.39 is 0 Å². The minimum atomic E-state index is 0.386. The number of halogens is 1. The normalized spacial score (nSPS) is 12.6. The Kier molecular flexibility index (Phi) is 3.96. The van der Waals surface area contributed by atoms with Crippen molar-refractivity contribution in [2.24, 2.45) is 5.73 Å². The van der Waals surface area contributed by atoms with Gasteiger partial charge in [-0.1, -0.05) is 13.0 Å². The van der Waals surface area contributed by atoms with Crippen LogP contribution >= 0.6 is 15.9 Å². The molecular weight excluding hydrogens is 242 g/mol. The summed E-state index contributed by atoms with van der Waals surface area (Å²) in [5.74, 6) is 1.26. The van der Waals surface area contributed by atoms with Crippen LogP contribution in [0.4, 0.5) is 0 Å². The largest absolute Gasteiger partial charge is 0.496 e. The zero-order chi connectivity index (χ0) is 10.7. The van der Waals surface area contributed by atoms with Crippen molar-refractivity contribution in [2.45, 2.75) is 19.8 Å². The second-order valence-electron chi connectivity index (χ2n) is 3.43. The van der Waals surface area contributed by atoms with Gasteiger partial charge in [-0.15, -0.1) is 0 Å². The molecule has 3 heteroatoms. The zero-order valence-electron chi connectivity index (χ0n) is 8.80. The van der Waals surface area contributed by atoms with Crippen molar-refractivity contribution in [1.82, 2.24) is 0 Å². The van der Waals surface area contributed by atoms with Gasteiger partial charge >= 0.3 is 0 Å². The summed E-state index contributed by atoms with van der Waals surface area (Å²) in [6.07, 6.45) is 0. The van der Waals surface area contributed by atoms with Crippen molar-refractivity contribution in [2.75, 3.05) is 13.7 Å². The molecule has 0 spiro atoms. The van der Waals surface area contributed by atoms with Crippen molar-refractivity contribution < 1.29 is 4.74 Å². The monoisotopic (exact) mass is 257 g/mol. The number of benzene rings is 1. The number of hydrogen-bond acceptors (Lipinski definition) is 2. The zero-order valence-corrected chi connectivity index (χ0v) is 10.4. The van der Waals surface area contributed by atoms with Crippen LogP contribution in [0.5, 0.6) is 5.75 Å². The summed E-state index contributed by atoms with van der Waals surface area (Å²) in [5.41, 5.74) is 8.14. The van der Waals surface area contributed by atoms with Gasteiger partial charge in [-0.2, -0.15) is 0 Å². The summed E-state index contributed by atoms with van der Waals surface area (Å²) in [6, 6.07) is 4.05. The number of methoxy groups -OCH3 is 1. The Balaban J connectivity index is 3.17. The average Bonchev–Trinajstić information content (AvgIpc) is 2.21. The van der Waals surface area contributed by atoms with E-state index >= 15 is 0 Å². The Morgan fingerprint density at radius 3 is 2.64 bits per heavy atom. The third-order valence-electron chi connectivity index (χ3n) is 2.50. The Hall–Kier alpha value is -0.540. The molecule has 0 bridgehead atoms. The Morgan fingerprint density at radius 2 is 2.14 bits per heavy atom. The first-order valence-corrected chi connectivity index (χ1v) is 5.44. The highest BCUT2D eigenvalue weighted by Gasteiger charge is 2.11. The molecule has 0 saturated carbocycles. The second kappa shape index (κ2) is 4.80. The van der Waals surface area contributed by atoms with Gasteiger partial charge in [0, 0.05) is 0 Å². The van der Waals surface area contributed by atoms with Gasteiger partial charge in [-0.25, -0.2) is 0 Å². The van der Waals surface area contributed by atoms with E-state index in [1.54, 1.807) is 7.11 Å². The van der Waals surface area contributed by atoms with Crippen molar-refractivity contribution in [3.63, 3.8) is 0 Å². The van der Waals surface area contributed by atoms with Crippen LogP contribution in [-0.4, -0.2) is 13.7 Å². The van der Waals surface area contributed by atoms with E-state index in [0.717, 1.165) is 10.2 Å². The van der Waals surface area contributed by atoms with E-state index in [-0.39, 0.29) is 0 Å². The summed E-state index contributed by atoms with van der Waals surface area (Å²) in [5, 5.41) is 0. The van der Waals surface area contributed by atoms with Crippen LogP contribution in [0, 0.1) is 6.92 Å². The van der Waals surface area contributed by atoms with Gasteiger partial charge in [-0.3, -0.25) is 0 Å². The third-order valence-corrected chi connectivity index (χ3v) is 3.48. The summed E-state index contributed by atoms with van der Waals surface area (Å²) in [4.78, 5) is 0. The van der Waals surface area contributed by atoms with E-state index in [1.165, 1.54) is 11.1 Å². The smallest absolute Gasteiger partial charge is 0.133 e. The number of rotatable bonds is 3. The summed E-state index contributed by atoms with van der Waals surface area (Å²) >= 11 is 3.52. The second-order valence-corrected chi connectivity index (χ2v) is 4.23.